The summed E-state index contributed by atoms with van der Waals surface area (Å²) < 4.78 is 5.53. The summed E-state index contributed by atoms with van der Waals surface area (Å²) in [6.45, 7) is 2.64. The molecule has 0 saturated carbocycles. The molecule has 0 bridgehead atoms. The van der Waals surface area contributed by atoms with E-state index in [2.05, 4.69) is 10.6 Å². The van der Waals surface area contributed by atoms with Gasteiger partial charge in [-0.3, -0.25) is 4.79 Å². The minimum Gasteiger partial charge on any atom is -0.378 e. The van der Waals surface area contributed by atoms with Crippen LogP contribution in [0.1, 0.15) is 32.1 Å². The predicted octanol–water partition coefficient (Wildman–Crippen LogP) is 0.424. The molecule has 86 valence electrons. The Hall–Kier alpha value is -0.610. The fraction of sp³-hybridized carbons (Fsp3) is 0.909. The van der Waals surface area contributed by atoms with Crippen LogP contribution in [-0.4, -0.2) is 37.7 Å². The molecule has 0 spiro atoms. The second-order valence-corrected chi connectivity index (χ2v) is 4.36. The molecule has 2 saturated heterocycles. The van der Waals surface area contributed by atoms with Gasteiger partial charge in [-0.1, -0.05) is 0 Å². The third-order valence-electron chi connectivity index (χ3n) is 3.17. The van der Waals surface area contributed by atoms with E-state index in [4.69, 9.17) is 4.74 Å². The number of piperidine rings is 1. The third kappa shape index (κ3) is 3.18. The van der Waals surface area contributed by atoms with Gasteiger partial charge in [0, 0.05) is 13.2 Å². The fourth-order valence-corrected chi connectivity index (χ4v) is 2.26. The lowest BCUT2D eigenvalue weighted by Gasteiger charge is -2.23. The van der Waals surface area contributed by atoms with Gasteiger partial charge in [0.1, 0.15) is 0 Å². The number of amides is 1. The zero-order valence-electron chi connectivity index (χ0n) is 9.13. The van der Waals surface area contributed by atoms with Gasteiger partial charge in [0.05, 0.1) is 12.1 Å². The van der Waals surface area contributed by atoms with E-state index >= 15 is 0 Å². The second kappa shape index (κ2) is 5.47. The summed E-state index contributed by atoms with van der Waals surface area (Å²) in [7, 11) is 0. The molecule has 2 rings (SSSR count). The molecule has 2 heterocycles. The summed E-state index contributed by atoms with van der Waals surface area (Å²) in [4.78, 5) is 11.4. The first kappa shape index (κ1) is 10.9. The molecule has 0 aromatic heterocycles. The minimum atomic E-state index is 0.0279. The van der Waals surface area contributed by atoms with Gasteiger partial charge in [-0.15, -0.1) is 0 Å². The summed E-state index contributed by atoms with van der Waals surface area (Å²) in [6, 6.07) is 0.0279. The van der Waals surface area contributed by atoms with Crippen molar-refractivity contribution in [3.63, 3.8) is 0 Å². The van der Waals surface area contributed by atoms with E-state index in [-0.39, 0.29) is 11.9 Å². The number of hydrogen-bond donors (Lipinski definition) is 2. The molecule has 2 unspecified atom stereocenters. The van der Waals surface area contributed by atoms with E-state index in [0.717, 1.165) is 39.0 Å². The molecule has 2 N–H and O–H groups in total. The van der Waals surface area contributed by atoms with Crippen molar-refractivity contribution >= 4 is 5.91 Å². The molecule has 0 aromatic carbocycles. The molecule has 0 radical (unpaired) electrons. The van der Waals surface area contributed by atoms with Gasteiger partial charge in [-0.05, 0) is 38.6 Å². The van der Waals surface area contributed by atoms with Gasteiger partial charge in [-0.25, -0.2) is 0 Å². The van der Waals surface area contributed by atoms with Crippen LogP contribution >= 0.6 is 0 Å². The van der Waals surface area contributed by atoms with E-state index in [1.54, 1.807) is 0 Å². The SMILES string of the molecule is O=C1NCCCC1NCCC1CCCO1. The molecular formula is C11H20N2O2. The Kier molecular flexibility index (Phi) is 3.97. The molecule has 1 amide bonds. The van der Waals surface area contributed by atoms with Crippen molar-refractivity contribution in [3.05, 3.63) is 0 Å². The van der Waals surface area contributed by atoms with Crippen LogP contribution in [0, 0.1) is 0 Å². The van der Waals surface area contributed by atoms with Crippen LogP contribution in [0.5, 0.6) is 0 Å². The molecule has 0 aromatic rings. The van der Waals surface area contributed by atoms with Gasteiger partial charge in [0.25, 0.3) is 0 Å². The van der Waals surface area contributed by atoms with Gasteiger partial charge < -0.3 is 15.4 Å². The highest BCUT2D eigenvalue weighted by Gasteiger charge is 2.22. The molecule has 15 heavy (non-hydrogen) atoms. The Bertz CT molecular complexity index is 215. The third-order valence-corrected chi connectivity index (χ3v) is 3.17. The molecule has 0 aliphatic carbocycles. The maximum atomic E-state index is 11.4. The van der Waals surface area contributed by atoms with Crippen LogP contribution in [0.2, 0.25) is 0 Å². The van der Waals surface area contributed by atoms with Crippen LogP contribution in [0.15, 0.2) is 0 Å². The monoisotopic (exact) mass is 212 g/mol. The van der Waals surface area contributed by atoms with Crippen LogP contribution < -0.4 is 10.6 Å². The summed E-state index contributed by atoms with van der Waals surface area (Å²) in [5.41, 5.74) is 0. The van der Waals surface area contributed by atoms with Crippen molar-refractivity contribution in [1.82, 2.24) is 10.6 Å². The number of carbonyl (C=O) groups is 1. The predicted molar refractivity (Wildman–Crippen MR) is 57.6 cm³/mol. The fourth-order valence-electron chi connectivity index (χ4n) is 2.26. The van der Waals surface area contributed by atoms with E-state index < -0.39 is 0 Å². The molecule has 2 aliphatic rings. The average molecular weight is 212 g/mol. The first-order chi connectivity index (χ1) is 7.36. The number of carbonyl (C=O) groups excluding carboxylic acids is 1. The molecule has 4 nitrogen and oxygen atoms in total. The Morgan fingerprint density at radius 1 is 1.40 bits per heavy atom. The van der Waals surface area contributed by atoms with Gasteiger partial charge in [-0.2, -0.15) is 0 Å². The summed E-state index contributed by atoms with van der Waals surface area (Å²) in [5, 5.41) is 6.18. The van der Waals surface area contributed by atoms with Crippen molar-refractivity contribution in [2.45, 2.75) is 44.2 Å². The maximum absolute atomic E-state index is 11.4. The van der Waals surface area contributed by atoms with E-state index in [0.29, 0.717) is 6.10 Å². The van der Waals surface area contributed by atoms with Gasteiger partial charge >= 0.3 is 0 Å². The second-order valence-electron chi connectivity index (χ2n) is 4.36. The van der Waals surface area contributed by atoms with Crippen LogP contribution in [0.4, 0.5) is 0 Å². The molecular weight excluding hydrogens is 192 g/mol. The lowest BCUT2D eigenvalue weighted by Crippen LogP contribution is -2.48. The highest BCUT2D eigenvalue weighted by Crippen LogP contribution is 2.14. The Labute approximate surface area is 90.8 Å². The van der Waals surface area contributed by atoms with E-state index in [1.807, 2.05) is 0 Å². The lowest BCUT2D eigenvalue weighted by atomic mass is 10.1. The van der Waals surface area contributed by atoms with Crippen LogP contribution in [-0.2, 0) is 9.53 Å². The van der Waals surface area contributed by atoms with Crippen LogP contribution in [0.25, 0.3) is 0 Å². The van der Waals surface area contributed by atoms with Crippen LogP contribution in [0.3, 0.4) is 0 Å². The Balaban J connectivity index is 1.61. The smallest absolute Gasteiger partial charge is 0.237 e. The van der Waals surface area contributed by atoms with Gasteiger partial charge in [0.2, 0.25) is 5.91 Å². The highest BCUT2D eigenvalue weighted by atomic mass is 16.5. The average Bonchev–Trinajstić information content (AvgIpc) is 2.74. The van der Waals surface area contributed by atoms with Crippen molar-refractivity contribution in [1.29, 1.82) is 0 Å². The van der Waals surface area contributed by atoms with Crippen molar-refractivity contribution in [2.75, 3.05) is 19.7 Å². The number of ether oxygens (including phenoxy) is 1. The van der Waals surface area contributed by atoms with Crippen molar-refractivity contribution in [2.24, 2.45) is 0 Å². The van der Waals surface area contributed by atoms with Gasteiger partial charge in [0.15, 0.2) is 0 Å². The first-order valence-corrected chi connectivity index (χ1v) is 5.99. The first-order valence-electron chi connectivity index (χ1n) is 5.99. The van der Waals surface area contributed by atoms with Crippen molar-refractivity contribution < 1.29 is 9.53 Å². The number of hydrogen-bond acceptors (Lipinski definition) is 3. The van der Waals surface area contributed by atoms with E-state index in [1.165, 1.54) is 12.8 Å². The lowest BCUT2D eigenvalue weighted by molar-refractivity contribution is -0.124. The summed E-state index contributed by atoms with van der Waals surface area (Å²) >= 11 is 0. The topological polar surface area (TPSA) is 50.4 Å². The highest BCUT2D eigenvalue weighted by molar-refractivity contribution is 5.82. The summed E-state index contributed by atoms with van der Waals surface area (Å²) in [5.74, 6) is 0.161. The normalized spacial score (nSPS) is 31.6. The van der Waals surface area contributed by atoms with E-state index in [9.17, 15) is 4.79 Å². The number of nitrogens with one attached hydrogen (secondary N) is 2. The maximum Gasteiger partial charge on any atom is 0.237 e. The zero-order chi connectivity index (χ0) is 10.5. The largest absolute Gasteiger partial charge is 0.378 e. The van der Waals surface area contributed by atoms with Crippen molar-refractivity contribution in [3.8, 4) is 0 Å². The Morgan fingerprint density at radius 2 is 2.33 bits per heavy atom. The molecule has 2 atom stereocenters. The molecule has 4 heteroatoms. The quantitative estimate of drug-likeness (QED) is 0.710. The number of rotatable bonds is 4. The molecule has 2 aliphatic heterocycles. The minimum absolute atomic E-state index is 0.0279. The summed E-state index contributed by atoms with van der Waals surface area (Å²) in [6.07, 6.45) is 5.88. The zero-order valence-corrected chi connectivity index (χ0v) is 9.13. The standard InChI is InChI=1S/C11H20N2O2/c14-11-10(4-1-6-13-11)12-7-5-9-3-2-8-15-9/h9-10,12H,1-8H2,(H,13,14). The Morgan fingerprint density at radius 3 is 3.07 bits per heavy atom. The molecule has 2 fully saturated rings.